The summed E-state index contributed by atoms with van der Waals surface area (Å²) in [4.78, 5) is 12.9. The normalized spacial score (nSPS) is 10.9. The third kappa shape index (κ3) is 5.90. The molecule has 0 radical (unpaired) electrons. The van der Waals surface area contributed by atoms with Gasteiger partial charge in [0.05, 0.1) is 39.0 Å². The van der Waals surface area contributed by atoms with Crippen LogP contribution in [0, 0.1) is 0 Å². The minimum atomic E-state index is -4.19. The van der Waals surface area contributed by atoms with E-state index in [1.54, 1.807) is 30.3 Å². The van der Waals surface area contributed by atoms with Gasteiger partial charge in [-0.3, -0.25) is 9.10 Å². The second-order valence-electron chi connectivity index (χ2n) is 7.12. The minimum absolute atomic E-state index is 0.0796. The molecule has 0 atom stereocenters. The molecule has 0 aliphatic rings. The average Bonchev–Trinajstić information content (AvgIpc) is 2.87. The maximum absolute atomic E-state index is 13.6. The van der Waals surface area contributed by atoms with Gasteiger partial charge in [-0.15, -0.1) is 0 Å². The molecule has 0 bridgehead atoms. The van der Waals surface area contributed by atoms with Crippen molar-refractivity contribution in [3.8, 4) is 23.0 Å². The van der Waals surface area contributed by atoms with Crippen molar-refractivity contribution in [2.45, 2.75) is 4.90 Å². The fourth-order valence-electron chi connectivity index (χ4n) is 3.27. The second-order valence-corrected chi connectivity index (χ2v) is 9.42. The Morgan fingerprint density at radius 3 is 1.91 bits per heavy atom. The average molecular weight is 521 g/mol. The summed E-state index contributed by atoms with van der Waals surface area (Å²) in [6, 6.07) is 15.1. The molecule has 0 aliphatic heterocycles. The van der Waals surface area contributed by atoms with Crippen LogP contribution in [-0.4, -0.2) is 49.3 Å². The Morgan fingerprint density at radius 2 is 1.34 bits per heavy atom. The topological polar surface area (TPSA) is 103 Å². The lowest BCUT2D eigenvalue weighted by Gasteiger charge is -2.24. The molecule has 186 valence electrons. The Kier molecular flexibility index (Phi) is 8.31. The molecular formula is C24H25ClN2O7S. The second kappa shape index (κ2) is 11.2. The number of hydrogen-bond acceptors (Lipinski definition) is 7. The van der Waals surface area contributed by atoms with Gasteiger partial charge in [0, 0.05) is 22.8 Å². The highest BCUT2D eigenvalue weighted by Gasteiger charge is 2.28. The lowest BCUT2D eigenvalue weighted by molar-refractivity contribution is -0.114. The van der Waals surface area contributed by atoms with Crippen LogP contribution in [0.1, 0.15) is 0 Å². The number of halogens is 1. The van der Waals surface area contributed by atoms with E-state index in [0.29, 0.717) is 28.0 Å². The predicted molar refractivity (Wildman–Crippen MR) is 134 cm³/mol. The molecule has 3 rings (SSSR count). The molecule has 0 aromatic heterocycles. The van der Waals surface area contributed by atoms with Crippen LogP contribution >= 0.6 is 11.6 Å². The maximum atomic E-state index is 13.6. The van der Waals surface area contributed by atoms with Crippen molar-refractivity contribution in [2.75, 3.05) is 44.6 Å². The number of carbonyl (C=O) groups excluding carboxylic acids is 1. The third-order valence-corrected chi connectivity index (χ3v) is 7.03. The van der Waals surface area contributed by atoms with Gasteiger partial charge in [0.15, 0.2) is 23.0 Å². The van der Waals surface area contributed by atoms with Crippen molar-refractivity contribution in [1.29, 1.82) is 0 Å². The molecule has 0 spiro atoms. The number of ether oxygens (including phenoxy) is 4. The van der Waals surface area contributed by atoms with Crippen LogP contribution in [0.25, 0.3) is 0 Å². The van der Waals surface area contributed by atoms with Crippen LogP contribution in [0.5, 0.6) is 23.0 Å². The number of amides is 1. The van der Waals surface area contributed by atoms with Gasteiger partial charge in [0.1, 0.15) is 6.54 Å². The van der Waals surface area contributed by atoms with Gasteiger partial charge in [0.25, 0.3) is 10.0 Å². The zero-order valence-corrected chi connectivity index (χ0v) is 21.1. The molecule has 0 saturated carbocycles. The summed E-state index contributed by atoms with van der Waals surface area (Å²) in [7, 11) is 1.64. The molecule has 0 fully saturated rings. The van der Waals surface area contributed by atoms with Crippen LogP contribution < -0.4 is 28.6 Å². The molecule has 11 heteroatoms. The summed E-state index contributed by atoms with van der Waals surface area (Å²) in [6.45, 7) is -0.507. The lowest BCUT2D eigenvalue weighted by Crippen LogP contribution is -2.38. The van der Waals surface area contributed by atoms with E-state index in [2.05, 4.69) is 5.32 Å². The number of nitrogens with zero attached hydrogens (tertiary/aromatic N) is 1. The van der Waals surface area contributed by atoms with E-state index < -0.39 is 22.5 Å². The first-order valence-electron chi connectivity index (χ1n) is 10.3. The van der Waals surface area contributed by atoms with Crippen molar-refractivity contribution < 1.29 is 32.2 Å². The highest BCUT2D eigenvalue weighted by molar-refractivity contribution is 7.92. The molecular weight excluding hydrogens is 496 g/mol. The quantitative estimate of drug-likeness (QED) is 0.427. The third-order valence-electron chi connectivity index (χ3n) is 5.01. The SMILES string of the molecule is COc1ccc(NC(=O)CN(c2ccc(Cl)cc2)S(=O)(=O)c2ccc(OC)c(OC)c2)cc1OC. The van der Waals surface area contributed by atoms with Gasteiger partial charge in [-0.25, -0.2) is 8.42 Å². The molecule has 0 unspecified atom stereocenters. The van der Waals surface area contributed by atoms with Crippen molar-refractivity contribution in [3.05, 3.63) is 65.7 Å². The van der Waals surface area contributed by atoms with Crippen LogP contribution in [0.4, 0.5) is 11.4 Å². The number of anilines is 2. The summed E-state index contributed by atoms with van der Waals surface area (Å²) >= 11 is 5.99. The first kappa shape index (κ1) is 26.0. The molecule has 3 aromatic rings. The van der Waals surface area contributed by atoms with Crippen molar-refractivity contribution >= 4 is 38.9 Å². The van der Waals surface area contributed by atoms with Gasteiger partial charge in [-0.05, 0) is 48.5 Å². The predicted octanol–water partition coefficient (Wildman–Crippen LogP) is 4.21. The Labute approximate surface area is 209 Å². The fourth-order valence-corrected chi connectivity index (χ4v) is 4.83. The van der Waals surface area contributed by atoms with Crippen LogP contribution in [0.3, 0.4) is 0 Å². The first-order chi connectivity index (χ1) is 16.7. The highest BCUT2D eigenvalue weighted by Crippen LogP contribution is 2.33. The van der Waals surface area contributed by atoms with Gasteiger partial charge in [-0.1, -0.05) is 11.6 Å². The molecule has 9 nitrogen and oxygen atoms in total. The Hall–Kier alpha value is -3.63. The number of benzene rings is 3. The summed E-state index contributed by atoms with van der Waals surface area (Å²) in [6.07, 6.45) is 0. The summed E-state index contributed by atoms with van der Waals surface area (Å²) in [5.74, 6) is 0.938. The molecule has 35 heavy (non-hydrogen) atoms. The van der Waals surface area contributed by atoms with Gasteiger partial charge < -0.3 is 24.3 Å². The van der Waals surface area contributed by atoms with E-state index in [1.807, 2.05) is 0 Å². The lowest BCUT2D eigenvalue weighted by atomic mass is 10.2. The Bertz CT molecular complexity index is 1300. The van der Waals surface area contributed by atoms with Gasteiger partial charge >= 0.3 is 0 Å². The molecule has 0 heterocycles. The number of methoxy groups -OCH3 is 4. The number of rotatable bonds is 10. The Morgan fingerprint density at radius 1 is 0.800 bits per heavy atom. The largest absolute Gasteiger partial charge is 0.493 e. The van der Waals surface area contributed by atoms with Crippen LogP contribution in [0.15, 0.2) is 65.6 Å². The summed E-state index contributed by atoms with van der Waals surface area (Å²) in [5, 5.41) is 3.12. The number of hydrogen-bond donors (Lipinski definition) is 1. The minimum Gasteiger partial charge on any atom is -0.493 e. The first-order valence-corrected chi connectivity index (χ1v) is 12.1. The number of sulfonamides is 1. The van der Waals surface area contributed by atoms with Crippen LogP contribution in [0.2, 0.25) is 5.02 Å². The monoisotopic (exact) mass is 520 g/mol. The van der Waals surface area contributed by atoms with Gasteiger partial charge in [0.2, 0.25) is 5.91 Å². The number of carbonyl (C=O) groups is 1. The molecule has 1 amide bonds. The van der Waals surface area contributed by atoms with E-state index in [4.69, 9.17) is 30.5 Å². The van der Waals surface area contributed by atoms with Crippen molar-refractivity contribution in [3.63, 3.8) is 0 Å². The zero-order valence-electron chi connectivity index (χ0n) is 19.6. The van der Waals surface area contributed by atoms with E-state index in [1.165, 1.54) is 58.8 Å². The summed E-state index contributed by atoms with van der Waals surface area (Å²) < 4.78 is 49.2. The molecule has 0 saturated heterocycles. The van der Waals surface area contributed by atoms with E-state index in [0.717, 1.165) is 4.31 Å². The standard InChI is InChI=1S/C24H25ClN2O7S/c1-31-20-11-7-17(13-22(20)33-3)26-24(28)15-27(18-8-5-16(25)6-9-18)35(29,30)19-10-12-21(32-2)23(14-19)34-4/h5-14H,15H2,1-4H3,(H,26,28). The van der Waals surface area contributed by atoms with Crippen molar-refractivity contribution in [2.24, 2.45) is 0 Å². The summed E-state index contributed by atoms with van der Waals surface area (Å²) in [5.41, 5.74) is 0.666. The smallest absolute Gasteiger partial charge is 0.264 e. The van der Waals surface area contributed by atoms with Gasteiger partial charge in [-0.2, -0.15) is 0 Å². The van der Waals surface area contributed by atoms with E-state index in [-0.39, 0.29) is 16.3 Å². The fraction of sp³-hybridized carbons (Fsp3) is 0.208. The molecule has 3 aromatic carbocycles. The Balaban J connectivity index is 1.96. The molecule has 0 aliphatic carbocycles. The van der Waals surface area contributed by atoms with Crippen LogP contribution in [-0.2, 0) is 14.8 Å². The van der Waals surface area contributed by atoms with E-state index >= 15 is 0 Å². The molecule has 1 N–H and O–H groups in total. The highest BCUT2D eigenvalue weighted by atomic mass is 35.5. The zero-order chi connectivity index (χ0) is 25.6. The van der Waals surface area contributed by atoms with Crippen molar-refractivity contribution in [1.82, 2.24) is 0 Å². The maximum Gasteiger partial charge on any atom is 0.264 e. The van der Waals surface area contributed by atoms with E-state index in [9.17, 15) is 13.2 Å². The number of nitrogens with one attached hydrogen (secondary N) is 1.